The van der Waals surface area contributed by atoms with E-state index in [0.29, 0.717) is 33.2 Å². The SMILES string of the molecule is CC(C)c1ccc2nc3sc(C(=O)NCCCCc4cccnc4)cn3c(=O)c2c1. The van der Waals surface area contributed by atoms with Crippen molar-refractivity contribution in [3.05, 3.63) is 75.3 Å². The van der Waals surface area contributed by atoms with Gasteiger partial charge in [-0.3, -0.25) is 19.0 Å². The van der Waals surface area contributed by atoms with Crippen molar-refractivity contribution in [1.82, 2.24) is 19.7 Å². The van der Waals surface area contributed by atoms with Crippen LogP contribution in [0.15, 0.2) is 53.7 Å². The summed E-state index contributed by atoms with van der Waals surface area (Å²) in [6.07, 6.45) is 8.03. The number of fused-ring (bicyclic) bond motifs is 2. The molecule has 0 saturated carbocycles. The monoisotopic (exact) mass is 420 g/mol. The molecule has 0 aliphatic carbocycles. The average molecular weight is 421 g/mol. The largest absolute Gasteiger partial charge is 0.351 e. The molecule has 0 aliphatic heterocycles. The van der Waals surface area contributed by atoms with Gasteiger partial charge in [0, 0.05) is 25.1 Å². The second kappa shape index (κ2) is 8.75. The number of hydrogen-bond donors (Lipinski definition) is 1. The summed E-state index contributed by atoms with van der Waals surface area (Å²) in [5.41, 5.74) is 2.82. The Hall–Kier alpha value is -3.06. The molecule has 154 valence electrons. The van der Waals surface area contributed by atoms with Gasteiger partial charge >= 0.3 is 0 Å². The molecule has 0 radical (unpaired) electrons. The van der Waals surface area contributed by atoms with Crippen molar-refractivity contribution >= 4 is 33.1 Å². The Morgan fingerprint density at radius 2 is 2.10 bits per heavy atom. The number of benzene rings is 1. The molecule has 0 bridgehead atoms. The van der Waals surface area contributed by atoms with Crippen molar-refractivity contribution in [2.24, 2.45) is 0 Å². The third-order valence-electron chi connectivity index (χ3n) is 5.13. The van der Waals surface area contributed by atoms with Gasteiger partial charge in [0.2, 0.25) is 0 Å². The summed E-state index contributed by atoms with van der Waals surface area (Å²) in [5.74, 6) is 0.162. The number of amides is 1. The van der Waals surface area contributed by atoms with E-state index in [1.807, 2.05) is 30.5 Å². The summed E-state index contributed by atoms with van der Waals surface area (Å²) < 4.78 is 1.48. The highest BCUT2D eigenvalue weighted by Crippen LogP contribution is 2.21. The van der Waals surface area contributed by atoms with Crippen LogP contribution in [0.3, 0.4) is 0 Å². The maximum atomic E-state index is 12.9. The summed E-state index contributed by atoms with van der Waals surface area (Å²) in [5, 5.41) is 3.53. The summed E-state index contributed by atoms with van der Waals surface area (Å²) in [4.78, 5) is 35.2. The van der Waals surface area contributed by atoms with E-state index < -0.39 is 0 Å². The zero-order valence-corrected chi connectivity index (χ0v) is 17.9. The first-order valence-electron chi connectivity index (χ1n) is 10.2. The molecule has 30 heavy (non-hydrogen) atoms. The molecule has 0 aliphatic rings. The van der Waals surface area contributed by atoms with Crippen molar-refractivity contribution in [2.45, 2.75) is 39.0 Å². The fourth-order valence-electron chi connectivity index (χ4n) is 3.38. The first kappa shape index (κ1) is 20.2. The van der Waals surface area contributed by atoms with Crippen LogP contribution in [0, 0.1) is 0 Å². The van der Waals surface area contributed by atoms with Crippen molar-refractivity contribution in [3.63, 3.8) is 0 Å². The number of aryl methyl sites for hydroxylation is 1. The van der Waals surface area contributed by atoms with Crippen LogP contribution in [0.4, 0.5) is 0 Å². The van der Waals surface area contributed by atoms with E-state index in [-0.39, 0.29) is 11.5 Å². The van der Waals surface area contributed by atoms with Gasteiger partial charge in [-0.2, -0.15) is 0 Å². The highest BCUT2D eigenvalue weighted by molar-refractivity contribution is 7.18. The number of nitrogens with zero attached hydrogens (tertiary/aromatic N) is 3. The van der Waals surface area contributed by atoms with Crippen LogP contribution in [0.1, 0.15) is 53.4 Å². The van der Waals surface area contributed by atoms with Gasteiger partial charge in [-0.25, -0.2) is 4.98 Å². The maximum Gasteiger partial charge on any atom is 0.266 e. The lowest BCUT2D eigenvalue weighted by Crippen LogP contribution is -2.23. The van der Waals surface area contributed by atoms with Crippen molar-refractivity contribution in [2.75, 3.05) is 6.54 Å². The van der Waals surface area contributed by atoms with Crippen molar-refractivity contribution < 1.29 is 4.79 Å². The Kier molecular flexibility index (Phi) is 5.90. The second-order valence-corrected chi connectivity index (χ2v) is 8.68. The van der Waals surface area contributed by atoms with Crippen LogP contribution in [0.25, 0.3) is 15.9 Å². The fraction of sp³-hybridized carbons (Fsp3) is 0.304. The molecule has 0 atom stereocenters. The Bertz CT molecular complexity index is 1240. The van der Waals surface area contributed by atoms with Crippen LogP contribution in [0.5, 0.6) is 0 Å². The van der Waals surface area contributed by atoms with Crippen LogP contribution in [-0.2, 0) is 6.42 Å². The third-order valence-corrected chi connectivity index (χ3v) is 6.11. The number of rotatable bonds is 7. The molecule has 6 nitrogen and oxygen atoms in total. The van der Waals surface area contributed by atoms with E-state index in [9.17, 15) is 9.59 Å². The van der Waals surface area contributed by atoms with E-state index >= 15 is 0 Å². The van der Waals surface area contributed by atoms with E-state index in [1.165, 1.54) is 21.3 Å². The van der Waals surface area contributed by atoms with E-state index in [2.05, 4.69) is 35.2 Å². The molecule has 3 aromatic heterocycles. The Morgan fingerprint density at radius 1 is 1.23 bits per heavy atom. The fourth-order valence-corrected chi connectivity index (χ4v) is 4.27. The molecule has 0 saturated heterocycles. The third kappa shape index (κ3) is 4.26. The quantitative estimate of drug-likeness (QED) is 0.455. The van der Waals surface area contributed by atoms with Gasteiger partial charge in [-0.1, -0.05) is 37.3 Å². The van der Waals surface area contributed by atoms with Crippen molar-refractivity contribution in [3.8, 4) is 0 Å². The Balaban J connectivity index is 1.44. The highest BCUT2D eigenvalue weighted by Gasteiger charge is 2.14. The van der Waals surface area contributed by atoms with Crippen molar-refractivity contribution in [1.29, 1.82) is 0 Å². The number of nitrogens with one attached hydrogen (secondary N) is 1. The van der Waals surface area contributed by atoms with Gasteiger partial charge in [0.1, 0.15) is 4.88 Å². The molecular weight excluding hydrogens is 396 g/mol. The lowest BCUT2D eigenvalue weighted by atomic mass is 10.0. The van der Waals surface area contributed by atoms with Crippen LogP contribution in [-0.4, -0.2) is 26.8 Å². The lowest BCUT2D eigenvalue weighted by Gasteiger charge is -2.06. The normalized spacial score (nSPS) is 11.4. The van der Waals surface area contributed by atoms with Gasteiger partial charge < -0.3 is 5.32 Å². The van der Waals surface area contributed by atoms with Crippen LogP contribution >= 0.6 is 11.3 Å². The zero-order valence-electron chi connectivity index (χ0n) is 17.1. The minimum absolute atomic E-state index is 0.135. The smallest absolute Gasteiger partial charge is 0.266 e. The maximum absolute atomic E-state index is 12.9. The minimum atomic E-state index is -0.168. The Labute approximate surface area is 178 Å². The van der Waals surface area contributed by atoms with Gasteiger partial charge in [0.25, 0.3) is 11.5 Å². The molecule has 0 unspecified atom stereocenters. The van der Waals surface area contributed by atoms with Crippen LogP contribution < -0.4 is 10.9 Å². The van der Waals surface area contributed by atoms with Crippen LogP contribution in [0.2, 0.25) is 0 Å². The topological polar surface area (TPSA) is 76.4 Å². The van der Waals surface area contributed by atoms with E-state index in [1.54, 1.807) is 12.4 Å². The molecule has 3 heterocycles. The number of unbranched alkanes of at least 4 members (excludes halogenated alkanes) is 1. The summed E-state index contributed by atoms with van der Waals surface area (Å²) in [6.45, 7) is 4.78. The van der Waals surface area contributed by atoms with Gasteiger partial charge in [0.15, 0.2) is 4.96 Å². The first-order chi connectivity index (χ1) is 14.5. The van der Waals surface area contributed by atoms with E-state index in [4.69, 9.17) is 0 Å². The molecule has 1 aromatic carbocycles. The molecular formula is C23H24N4O2S. The number of thiazole rings is 1. The highest BCUT2D eigenvalue weighted by atomic mass is 32.1. The number of pyridine rings is 1. The standard InChI is InChI=1S/C23H24N4O2S/c1-15(2)17-8-9-19-18(12-17)22(29)27-14-20(30-23(27)26-19)21(28)25-11-4-3-6-16-7-5-10-24-13-16/h5,7-10,12-15H,3-4,6,11H2,1-2H3,(H,25,28). The summed E-state index contributed by atoms with van der Waals surface area (Å²) in [7, 11) is 0. The summed E-state index contributed by atoms with van der Waals surface area (Å²) >= 11 is 1.24. The predicted molar refractivity (Wildman–Crippen MR) is 120 cm³/mol. The Morgan fingerprint density at radius 3 is 2.87 bits per heavy atom. The molecule has 4 rings (SSSR count). The number of carbonyl (C=O) groups is 1. The average Bonchev–Trinajstić information content (AvgIpc) is 3.18. The summed E-state index contributed by atoms with van der Waals surface area (Å²) in [6, 6.07) is 9.78. The first-order valence-corrected chi connectivity index (χ1v) is 11.0. The molecule has 0 spiro atoms. The number of aromatic nitrogens is 3. The molecule has 0 fully saturated rings. The number of carbonyl (C=O) groups excluding carboxylic acids is 1. The van der Waals surface area contributed by atoms with Gasteiger partial charge in [-0.15, -0.1) is 0 Å². The zero-order chi connectivity index (χ0) is 21.1. The molecule has 4 aromatic rings. The van der Waals surface area contributed by atoms with Gasteiger partial charge in [-0.05, 0) is 54.5 Å². The molecule has 1 amide bonds. The molecule has 7 heteroatoms. The van der Waals surface area contributed by atoms with E-state index in [0.717, 1.165) is 24.8 Å². The number of hydrogen-bond acceptors (Lipinski definition) is 5. The second-order valence-electron chi connectivity index (χ2n) is 7.67. The van der Waals surface area contributed by atoms with Gasteiger partial charge in [0.05, 0.1) is 10.9 Å². The predicted octanol–water partition coefficient (Wildman–Crippen LogP) is 4.18. The lowest BCUT2D eigenvalue weighted by molar-refractivity contribution is 0.0956. The minimum Gasteiger partial charge on any atom is -0.351 e. The molecule has 1 N–H and O–H groups in total.